The fourth-order valence-corrected chi connectivity index (χ4v) is 3.49. The van der Waals surface area contributed by atoms with E-state index in [1.807, 2.05) is 12.3 Å². The molecule has 7 nitrogen and oxygen atoms in total. The Kier molecular flexibility index (Phi) is 4.49. The SMILES string of the molecule is COC1(NC(=O)c2ccon2)CCC1c1cnn(Cc2cccc(F)c2)c1. The van der Waals surface area contributed by atoms with Crippen LogP contribution in [0.15, 0.2) is 53.5 Å². The lowest BCUT2D eigenvalue weighted by molar-refractivity contribution is -0.110. The second-order valence-electron chi connectivity index (χ2n) is 6.62. The van der Waals surface area contributed by atoms with Crippen LogP contribution in [0.25, 0.3) is 0 Å². The topological polar surface area (TPSA) is 82.2 Å². The third-order valence-electron chi connectivity index (χ3n) is 5.02. The number of amides is 1. The monoisotopic (exact) mass is 370 g/mol. The highest BCUT2D eigenvalue weighted by molar-refractivity contribution is 5.92. The Morgan fingerprint density at radius 3 is 3.04 bits per heavy atom. The first-order valence-corrected chi connectivity index (χ1v) is 8.64. The number of hydrogen-bond acceptors (Lipinski definition) is 5. The molecule has 1 saturated carbocycles. The molecule has 1 amide bonds. The minimum atomic E-state index is -0.803. The average molecular weight is 370 g/mol. The summed E-state index contributed by atoms with van der Waals surface area (Å²) < 4.78 is 25.5. The van der Waals surface area contributed by atoms with Crippen molar-refractivity contribution < 1.29 is 18.4 Å². The van der Waals surface area contributed by atoms with E-state index >= 15 is 0 Å². The smallest absolute Gasteiger partial charge is 0.275 e. The molecule has 0 radical (unpaired) electrons. The Morgan fingerprint density at radius 1 is 1.48 bits per heavy atom. The second kappa shape index (κ2) is 6.96. The van der Waals surface area contributed by atoms with Crippen LogP contribution in [0.3, 0.4) is 0 Å². The number of carbonyl (C=O) groups is 1. The minimum Gasteiger partial charge on any atom is -0.364 e. The number of aromatic nitrogens is 3. The van der Waals surface area contributed by atoms with Crippen molar-refractivity contribution in [3.63, 3.8) is 0 Å². The lowest BCUT2D eigenvalue weighted by Gasteiger charge is -2.48. The molecule has 2 aromatic heterocycles. The van der Waals surface area contributed by atoms with Crippen LogP contribution in [0.5, 0.6) is 0 Å². The molecule has 140 valence electrons. The Hall–Kier alpha value is -3.00. The van der Waals surface area contributed by atoms with Crippen LogP contribution in [0.1, 0.15) is 40.4 Å². The van der Waals surface area contributed by atoms with Gasteiger partial charge < -0.3 is 14.6 Å². The second-order valence-corrected chi connectivity index (χ2v) is 6.62. The molecular formula is C19H19FN4O3. The molecule has 4 rings (SSSR count). The van der Waals surface area contributed by atoms with E-state index in [1.165, 1.54) is 24.5 Å². The fraction of sp³-hybridized carbons (Fsp3) is 0.316. The van der Waals surface area contributed by atoms with Crippen molar-refractivity contribution in [2.24, 2.45) is 0 Å². The van der Waals surface area contributed by atoms with Crippen molar-refractivity contribution in [3.05, 3.63) is 71.6 Å². The van der Waals surface area contributed by atoms with Gasteiger partial charge in [0.1, 0.15) is 17.8 Å². The maximum absolute atomic E-state index is 13.4. The molecule has 0 spiro atoms. The molecule has 0 bridgehead atoms. The summed E-state index contributed by atoms with van der Waals surface area (Å²) in [5.74, 6) is -0.644. The van der Waals surface area contributed by atoms with Crippen LogP contribution in [0.4, 0.5) is 4.39 Å². The number of hydrogen-bond donors (Lipinski definition) is 1. The number of nitrogens with one attached hydrogen (secondary N) is 1. The highest BCUT2D eigenvalue weighted by Crippen LogP contribution is 2.46. The van der Waals surface area contributed by atoms with E-state index < -0.39 is 5.72 Å². The summed E-state index contributed by atoms with van der Waals surface area (Å²) in [4.78, 5) is 12.4. The van der Waals surface area contributed by atoms with Crippen LogP contribution in [0, 0.1) is 5.82 Å². The van der Waals surface area contributed by atoms with Gasteiger partial charge in [0.05, 0.1) is 12.7 Å². The molecule has 27 heavy (non-hydrogen) atoms. The Bertz CT molecular complexity index is 936. The number of methoxy groups -OCH3 is 1. The first kappa shape index (κ1) is 17.4. The molecular weight excluding hydrogens is 351 g/mol. The summed E-state index contributed by atoms with van der Waals surface area (Å²) in [7, 11) is 1.58. The van der Waals surface area contributed by atoms with Crippen molar-refractivity contribution in [2.45, 2.75) is 31.0 Å². The van der Waals surface area contributed by atoms with Gasteiger partial charge in [-0.15, -0.1) is 0 Å². The summed E-state index contributed by atoms with van der Waals surface area (Å²) in [6.07, 6.45) is 6.57. The Labute approximate surface area is 155 Å². The molecule has 1 aromatic carbocycles. The van der Waals surface area contributed by atoms with E-state index in [0.717, 1.165) is 17.5 Å². The van der Waals surface area contributed by atoms with Crippen molar-refractivity contribution >= 4 is 5.91 Å². The Morgan fingerprint density at radius 2 is 2.37 bits per heavy atom. The van der Waals surface area contributed by atoms with E-state index in [4.69, 9.17) is 9.26 Å². The van der Waals surface area contributed by atoms with Crippen molar-refractivity contribution in [1.29, 1.82) is 0 Å². The molecule has 2 unspecified atom stereocenters. The highest BCUT2D eigenvalue weighted by atomic mass is 19.1. The third-order valence-corrected chi connectivity index (χ3v) is 5.02. The van der Waals surface area contributed by atoms with E-state index in [-0.39, 0.29) is 23.3 Å². The third kappa shape index (κ3) is 3.35. The first-order valence-electron chi connectivity index (χ1n) is 8.64. The summed E-state index contributed by atoms with van der Waals surface area (Å²) >= 11 is 0. The van der Waals surface area contributed by atoms with Gasteiger partial charge in [-0.05, 0) is 36.1 Å². The largest absolute Gasteiger partial charge is 0.364 e. The molecule has 3 aromatic rings. The molecule has 1 fully saturated rings. The van der Waals surface area contributed by atoms with Crippen LogP contribution in [-0.4, -0.2) is 33.7 Å². The number of halogens is 1. The lowest BCUT2D eigenvalue weighted by atomic mass is 9.72. The van der Waals surface area contributed by atoms with E-state index in [2.05, 4.69) is 15.6 Å². The van der Waals surface area contributed by atoms with Crippen LogP contribution >= 0.6 is 0 Å². The standard InChI is InChI=1S/C19H19FN4O3/c1-26-19(22-18(25)17-6-8-27-23-17)7-5-16(19)14-10-21-24(12-14)11-13-3-2-4-15(20)9-13/h2-4,6,8-10,12,16H,5,7,11H2,1H3,(H,22,25). The van der Waals surface area contributed by atoms with Crippen molar-refractivity contribution in [2.75, 3.05) is 7.11 Å². The number of rotatable bonds is 6. The van der Waals surface area contributed by atoms with Crippen LogP contribution < -0.4 is 5.32 Å². The van der Waals surface area contributed by atoms with Gasteiger partial charge in [-0.25, -0.2) is 4.39 Å². The summed E-state index contributed by atoms with van der Waals surface area (Å²) in [5.41, 5.74) is 1.19. The zero-order chi connectivity index (χ0) is 18.9. The highest BCUT2D eigenvalue weighted by Gasteiger charge is 2.50. The maximum Gasteiger partial charge on any atom is 0.275 e. The molecule has 0 aliphatic heterocycles. The quantitative estimate of drug-likeness (QED) is 0.675. The predicted molar refractivity (Wildman–Crippen MR) is 93.4 cm³/mol. The van der Waals surface area contributed by atoms with Crippen LogP contribution in [-0.2, 0) is 11.3 Å². The molecule has 1 N–H and O–H groups in total. The molecule has 1 aliphatic carbocycles. The number of nitrogens with zero attached hydrogens (tertiary/aromatic N) is 3. The zero-order valence-corrected chi connectivity index (χ0v) is 14.8. The molecule has 1 aliphatic rings. The van der Waals surface area contributed by atoms with Gasteiger partial charge in [0.15, 0.2) is 5.69 Å². The summed E-state index contributed by atoms with van der Waals surface area (Å²) in [5, 5.41) is 11.0. The number of ether oxygens (including phenoxy) is 1. The van der Waals surface area contributed by atoms with E-state index in [9.17, 15) is 9.18 Å². The zero-order valence-electron chi connectivity index (χ0n) is 14.8. The number of benzene rings is 1. The predicted octanol–water partition coefficient (Wildman–Crippen LogP) is 2.71. The first-order chi connectivity index (χ1) is 13.1. The van der Waals surface area contributed by atoms with Gasteiger partial charge in [-0.2, -0.15) is 5.10 Å². The van der Waals surface area contributed by atoms with Gasteiger partial charge >= 0.3 is 0 Å². The molecule has 2 atom stereocenters. The maximum atomic E-state index is 13.4. The normalized spacial score (nSPS) is 21.6. The fourth-order valence-electron chi connectivity index (χ4n) is 3.49. The number of carbonyl (C=O) groups excluding carboxylic acids is 1. The van der Waals surface area contributed by atoms with Gasteiger partial charge in [-0.3, -0.25) is 9.48 Å². The molecule has 8 heteroatoms. The van der Waals surface area contributed by atoms with Gasteiger partial charge in [0, 0.05) is 25.3 Å². The van der Waals surface area contributed by atoms with Crippen molar-refractivity contribution in [3.8, 4) is 0 Å². The minimum absolute atomic E-state index is 0.0281. The lowest BCUT2D eigenvalue weighted by Crippen LogP contribution is -2.60. The van der Waals surface area contributed by atoms with Crippen molar-refractivity contribution in [1.82, 2.24) is 20.3 Å². The Balaban J connectivity index is 1.49. The van der Waals surface area contributed by atoms with Crippen LogP contribution in [0.2, 0.25) is 0 Å². The molecule has 0 saturated heterocycles. The molecule has 2 heterocycles. The summed E-state index contributed by atoms with van der Waals surface area (Å²) in [6.45, 7) is 0.468. The van der Waals surface area contributed by atoms with E-state index in [0.29, 0.717) is 13.0 Å². The van der Waals surface area contributed by atoms with Gasteiger partial charge in [0.25, 0.3) is 5.91 Å². The average Bonchev–Trinajstić information content (AvgIpc) is 3.31. The van der Waals surface area contributed by atoms with Gasteiger partial charge in [0.2, 0.25) is 0 Å². The summed E-state index contributed by atoms with van der Waals surface area (Å²) in [6, 6.07) is 7.93. The van der Waals surface area contributed by atoms with Gasteiger partial charge in [-0.1, -0.05) is 17.3 Å². The van der Waals surface area contributed by atoms with E-state index in [1.54, 1.807) is 24.1 Å².